The van der Waals surface area contributed by atoms with E-state index in [0.29, 0.717) is 35.4 Å². The molecule has 0 spiro atoms. The molecule has 11 nitrogen and oxygen atoms in total. The average Bonchev–Trinajstić information content (AvgIpc) is 3.45. The number of amides is 1. The number of carbonyl (C=O) groups is 1. The summed E-state index contributed by atoms with van der Waals surface area (Å²) in [5, 5.41) is 8.60. The highest BCUT2D eigenvalue weighted by molar-refractivity contribution is 7.84. The van der Waals surface area contributed by atoms with Crippen molar-refractivity contribution in [2.24, 2.45) is 11.1 Å². The van der Waals surface area contributed by atoms with E-state index in [1.807, 2.05) is 22.9 Å². The lowest BCUT2D eigenvalue weighted by Crippen LogP contribution is -2.43. The minimum Gasteiger partial charge on any atom is -0.416 e. The van der Waals surface area contributed by atoms with Gasteiger partial charge in [-0.05, 0) is 36.3 Å². The summed E-state index contributed by atoms with van der Waals surface area (Å²) in [7, 11) is -6.18. The van der Waals surface area contributed by atoms with Crippen LogP contribution in [-0.4, -0.2) is 56.5 Å². The molecule has 2 aromatic heterocycles. The van der Waals surface area contributed by atoms with E-state index in [9.17, 15) is 13.2 Å². The molecule has 3 heterocycles. The molecule has 0 saturated carbocycles. The van der Waals surface area contributed by atoms with E-state index in [-0.39, 0.29) is 23.5 Å². The molecule has 1 aromatic carbocycles. The standard InChI is InChI=1S/C25H35N5O6SSi/c1-25(2,3)38(4,5)35-14-18-13-21(36-20(18)15-34-37(26,32)33)30-12-11-19-22(27-16-28-23(19)30)29-24(31)17-9-7-6-8-10-17/h6-12,16,18,20-21H,13-15H2,1-5H3,(H2,26,32,33)(H,27,28,29,31)/t18-,20-,21+/m0/s1. The molecule has 1 amide bonds. The number of rotatable bonds is 9. The summed E-state index contributed by atoms with van der Waals surface area (Å²) >= 11 is 0. The number of aromatic nitrogens is 3. The van der Waals surface area contributed by atoms with Gasteiger partial charge in [0.25, 0.3) is 5.91 Å². The van der Waals surface area contributed by atoms with E-state index in [4.69, 9.17) is 18.5 Å². The molecule has 0 radical (unpaired) electrons. The number of nitrogens with two attached hydrogens (primary N) is 1. The van der Waals surface area contributed by atoms with E-state index >= 15 is 0 Å². The van der Waals surface area contributed by atoms with Crippen molar-refractivity contribution in [1.82, 2.24) is 14.5 Å². The molecule has 4 rings (SSSR count). The summed E-state index contributed by atoms with van der Waals surface area (Å²) in [6.07, 6.45) is 2.74. The Hall–Kier alpha value is -2.68. The van der Waals surface area contributed by atoms with Gasteiger partial charge in [-0.25, -0.2) is 15.1 Å². The predicted molar refractivity (Wildman–Crippen MR) is 146 cm³/mol. The zero-order valence-corrected chi connectivity index (χ0v) is 24.1. The Morgan fingerprint density at radius 1 is 1.18 bits per heavy atom. The fourth-order valence-electron chi connectivity index (χ4n) is 4.08. The summed E-state index contributed by atoms with van der Waals surface area (Å²) in [5.41, 5.74) is 1.09. The van der Waals surface area contributed by atoms with Crippen molar-refractivity contribution in [3.05, 3.63) is 54.5 Å². The third-order valence-corrected chi connectivity index (χ3v) is 12.3. The molecule has 3 N–H and O–H groups in total. The number of carbonyl (C=O) groups excluding carboxylic acids is 1. The van der Waals surface area contributed by atoms with Crippen LogP contribution in [0.25, 0.3) is 11.0 Å². The monoisotopic (exact) mass is 561 g/mol. The number of nitrogens with one attached hydrogen (secondary N) is 1. The minimum atomic E-state index is -4.13. The lowest BCUT2D eigenvalue weighted by atomic mass is 10.0. The van der Waals surface area contributed by atoms with Crippen LogP contribution < -0.4 is 10.5 Å². The maximum Gasteiger partial charge on any atom is 0.333 e. The molecule has 0 aliphatic carbocycles. The third kappa shape index (κ3) is 6.47. The number of hydrogen-bond acceptors (Lipinski definition) is 8. The highest BCUT2D eigenvalue weighted by atomic mass is 32.2. The molecular weight excluding hydrogens is 526 g/mol. The number of nitrogens with zero attached hydrogens (tertiary/aromatic N) is 3. The summed E-state index contributed by atoms with van der Waals surface area (Å²) in [4.78, 5) is 21.4. The number of ether oxygens (including phenoxy) is 1. The van der Waals surface area contributed by atoms with Crippen molar-refractivity contribution in [3.63, 3.8) is 0 Å². The molecule has 38 heavy (non-hydrogen) atoms. The van der Waals surface area contributed by atoms with Gasteiger partial charge < -0.3 is 19.0 Å². The Morgan fingerprint density at radius 3 is 2.55 bits per heavy atom. The Kier molecular flexibility index (Phi) is 8.07. The summed E-state index contributed by atoms with van der Waals surface area (Å²) < 4.78 is 42.4. The highest BCUT2D eigenvalue weighted by Crippen LogP contribution is 2.40. The highest BCUT2D eigenvalue weighted by Gasteiger charge is 2.42. The number of benzene rings is 1. The van der Waals surface area contributed by atoms with E-state index in [1.165, 1.54) is 6.33 Å². The smallest absolute Gasteiger partial charge is 0.333 e. The van der Waals surface area contributed by atoms with Crippen LogP contribution in [0, 0.1) is 5.92 Å². The van der Waals surface area contributed by atoms with Gasteiger partial charge in [0.2, 0.25) is 0 Å². The lowest BCUT2D eigenvalue weighted by Gasteiger charge is -2.37. The number of anilines is 1. The molecule has 1 saturated heterocycles. The van der Waals surface area contributed by atoms with Crippen LogP contribution >= 0.6 is 0 Å². The Labute approximate surface area is 224 Å². The molecule has 206 valence electrons. The largest absolute Gasteiger partial charge is 0.416 e. The SMILES string of the molecule is CC(C)(C)[Si](C)(C)OC[C@@H]1C[C@H](n2ccc3c(NC(=O)c4ccccc4)ncnc32)O[C@H]1COS(N)(=O)=O. The van der Waals surface area contributed by atoms with Gasteiger partial charge in [-0.1, -0.05) is 39.0 Å². The quantitative estimate of drug-likeness (QED) is 0.375. The molecule has 1 aliphatic heterocycles. The van der Waals surface area contributed by atoms with Gasteiger partial charge >= 0.3 is 10.3 Å². The first kappa shape index (κ1) is 28.3. The fourth-order valence-corrected chi connectivity index (χ4v) is 5.46. The van der Waals surface area contributed by atoms with Crippen LogP contribution in [0.4, 0.5) is 5.82 Å². The van der Waals surface area contributed by atoms with Gasteiger partial charge in [0.15, 0.2) is 8.32 Å². The lowest BCUT2D eigenvalue weighted by molar-refractivity contribution is -0.0265. The van der Waals surface area contributed by atoms with Gasteiger partial charge in [-0.15, -0.1) is 0 Å². The zero-order valence-electron chi connectivity index (χ0n) is 22.2. The van der Waals surface area contributed by atoms with Gasteiger partial charge in [-0.3, -0.25) is 8.98 Å². The molecule has 1 aliphatic rings. The van der Waals surface area contributed by atoms with Crippen molar-refractivity contribution < 1.29 is 26.6 Å². The molecule has 3 atom stereocenters. The normalized spacial score (nSPS) is 20.6. The van der Waals surface area contributed by atoms with Crippen molar-refractivity contribution in [2.75, 3.05) is 18.5 Å². The van der Waals surface area contributed by atoms with Crippen molar-refractivity contribution in [2.45, 2.75) is 57.7 Å². The molecule has 3 aromatic rings. The molecule has 13 heteroatoms. The first-order valence-electron chi connectivity index (χ1n) is 12.4. The van der Waals surface area contributed by atoms with E-state index < -0.39 is 31.0 Å². The fraction of sp³-hybridized carbons (Fsp3) is 0.480. The van der Waals surface area contributed by atoms with Gasteiger partial charge in [-0.2, -0.15) is 8.42 Å². The summed E-state index contributed by atoms with van der Waals surface area (Å²) in [6, 6.07) is 10.7. The van der Waals surface area contributed by atoms with Crippen molar-refractivity contribution >= 4 is 41.4 Å². The number of fused-ring (bicyclic) bond motifs is 1. The van der Waals surface area contributed by atoms with Crippen LogP contribution in [0.2, 0.25) is 18.1 Å². The molecular formula is C25H35N5O6SSi. The Balaban J connectivity index is 1.56. The summed E-state index contributed by atoms with van der Waals surface area (Å²) in [5.74, 6) is -0.0292. The van der Waals surface area contributed by atoms with E-state index in [2.05, 4.69) is 49.1 Å². The number of hydrogen-bond donors (Lipinski definition) is 2. The Bertz CT molecular complexity index is 1390. The van der Waals surface area contributed by atoms with Crippen LogP contribution in [0.5, 0.6) is 0 Å². The second-order valence-electron chi connectivity index (χ2n) is 11.0. The van der Waals surface area contributed by atoms with Crippen LogP contribution in [0.3, 0.4) is 0 Å². The van der Waals surface area contributed by atoms with Crippen LogP contribution in [0.1, 0.15) is 43.8 Å². The maximum atomic E-state index is 12.7. The van der Waals surface area contributed by atoms with Crippen LogP contribution in [0.15, 0.2) is 48.9 Å². The minimum absolute atomic E-state index is 0.0204. The summed E-state index contributed by atoms with van der Waals surface area (Å²) in [6.45, 7) is 11.0. The zero-order chi connectivity index (χ0) is 27.7. The molecule has 0 bridgehead atoms. The first-order chi connectivity index (χ1) is 17.7. The average molecular weight is 562 g/mol. The topological polar surface area (TPSA) is 148 Å². The second kappa shape index (κ2) is 10.8. The maximum absolute atomic E-state index is 12.7. The predicted octanol–water partition coefficient (Wildman–Crippen LogP) is 3.83. The van der Waals surface area contributed by atoms with Gasteiger partial charge in [0.05, 0.1) is 18.1 Å². The second-order valence-corrected chi connectivity index (χ2v) is 17.0. The van der Waals surface area contributed by atoms with Crippen molar-refractivity contribution in [3.8, 4) is 0 Å². The van der Waals surface area contributed by atoms with Gasteiger partial charge in [0.1, 0.15) is 24.0 Å². The van der Waals surface area contributed by atoms with E-state index in [1.54, 1.807) is 24.3 Å². The molecule has 0 unspecified atom stereocenters. The molecule has 1 fully saturated rings. The third-order valence-electron chi connectivity index (χ3n) is 7.31. The van der Waals surface area contributed by atoms with Crippen molar-refractivity contribution in [1.29, 1.82) is 0 Å². The van der Waals surface area contributed by atoms with E-state index in [0.717, 1.165) is 0 Å². The van der Waals surface area contributed by atoms with Gasteiger partial charge in [0, 0.05) is 30.7 Å². The van der Waals surface area contributed by atoms with Crippen LogP contribution in [-0.2, 0) is 23.7 Å². The first-order valence-corrected chi connectivity index (χ1v) is 16.8. The Morgan fingerprint density at radius 2 is 1.89 bits per heavy atom.